The van der Waals surface area contributed by atoms with Gasteiger partial charge in [0.05, 0.1) is 0 Å². The molecule has 3 rings (SSSR count). The highest BCUT2D eigenvalue weighted by Crippen LogP contribution is 2.41. The second-order valence-electron chi connectivity index (χ2n) is 10.4. The van der Waals surface area contributed by atoms with Crippen molar-refractivity contribution in [3.8, 4) is 0 Å². The van der Waals surface area contributed by atoms with Gasteiger partial charge in [-0.15, -0.1) is 0 Å². The molecule has 0 aromatic carbocycles. The Kier molecular flexibility index (Phi) is 7.37. The van der Waals surface area contributed by atoms with Gasteiger partial charge in [-0.2, -0.15) is 0 Å². The Labute approximate surface area is 189 Å². The number of nitrogens with zero attached hydrogens (tertiary/aromatic N) is 2. The maximum atomic E-state index is 13.3. The summed E-state index contributed by atoms with van der Waals surface area (Å²) in [6.45, 7) is 5.96. The van der Waals surface area contributed by atoms with Crippen molar-refractivity contribution in [3.05, 3.63) is 11.5 Å². The predicted octanol–water partition coefficient (Wildman–Crippen LogP) is 2.31. The van der Waals surface area contributed by atoms with E-state index in [9.17, 15) is 24.6 Å². The number of carboxylic acids is 1. The number of aliphatic hydroxyl groups excluding tert-OH is 2. The molecule has 2 amide bonds. The van der Waals surface area contributed by atoms with E-state index in [2.05, 4.69) is 26.1 Å². The largest absolute Gasteiger partial charge is 0.494 e. The number of rotatable bonds is 5. The van der Waals surface area contributed by atoms with E-state index in [-0.39, 0.29) is 17.5 Å². The minimum Gasteiger partial charge on any atom is -0.494 e. The third-order valence-corrected chi connectivity index (χ3v) is 7.32. The third-order valence-electron chi connectivity index (χ3n) is 7.32. The van der Waals surface area contributed by atoms with Crippen molar-refractivity contribution in [3.63, 3.8) is 0 Å². The Balaban J connectivity index is 1.91. The van der Waals surface area contributed by atoms with Crippen LogP contribution in [0.2, 0.25) is 0 Å². The normalized spacial score (nSPS) is 28.1. The Morgan fingerprint density at radius 1 is 0.969 bits per heavy atom. The third kappa shape index (κ3) is 5.03. The molecule has 9 heteroatoms. The lowest BCUT2D eigenvalue weighted by molar-refractivity contribution is -0.182. The van der Waals surface area contributed by atoms with E-state index in [1.807, 2.05) is 0 Å². The molecule has 0 spiro atoms. The summed E-state index contributed by atoms with van der Waals surface area (Å²) in [5.74, 6) is -2.97. The summed E-state index contributed by atoms with van der Waals surface area (Å²) in [4.78, 5) is 39.6. The Morgan fingerprint density at radius 3 is 2.06 bits per heavy atom. The number of carbonyl (C=O) groups excluding carboxylic acids is 2. The molecular weight excluding hydrogens is 414 g/mol. The molecule has 2 fully saturated rings. The van der Waals surface area contributed by atoms with E-state index in [4.69, 9.17) is 5.11 Å². The second kappa shape index (κ2) is 9.68. The van der Waals surface area contributed by atoms with Crippen LogP contribution < -0.4 is 5.32 Å². The van der Waals surface area contributed by atoms with Gasteiger partial charge < -0.3 is 20.6 Å². The van der Waals surface area contributed by atoms with Crippen molar-refractivity contribution in [2.45, 2.75) is 97.0 Å². The fourth-order valence-corrected chi connectivity index (χ4v) is 5.44. The number of hydrogen-bond donors (Lipinski definition) is 4. The van der Waals surface area contributed by atoms with Crippen molar-refractivity contribution in [1.82, 2.24) is 15.1 Å². The van der Waals surface area contributed by atoms with Crippen LogP contribution in [0.15, 0.2) is 11.5 Å². The van der Waals surface area contributed by atoms with Crippen molar-refractivity contribution >= 4 is 17.8 Å². The van der Waals surface area contributed by atoms with Gasteiger partial charge in [-0.1, -0.05) is 40.0 Å². The lowest BCUT2D eigenvalue weighted by Crippen LogP contribution is -2.63. The van der Waals surface area contributed by atoms with Crippen molar-refractivity contribution in [1.29, 1.82) is 0 Å². The first-order valence-electron chi connectivity index (χ1n) is 11.7. The average molecular weight is 452 g/mol. The molecule has 2 saturated carbocycles. The quantitative estimate of drug-likeness (QED) is 0.472. The molecule has 1 heterocycles. The number of aliphatic hydroxyl groups is 2. The van der Waals surface area contributed by atoms with Gasteiger partial charge in [0.15, 0.2) is 5.57 Å². The number of carboxylic acid groups (broad SMARTS) is 1. The smallest absolute Gasteiger partial charge is 0.322 e. The van der Waals surface area contributed by atoms with E-state index in [0.717, 1.165) is 57.8 Å². The number of nitrogens with one attached hydrogen (secondary N) is 1. The molecule has 32 heavy (non-hydrogen) atoms. The van der Waals surface area contributed by atoms with Gasteiger partial charge >= 0.3 is 5.97 Å². The van der Waals surface area contributed by atoms with Gasteiger partial charge in [-0.25, -0.2) is 0 Å². The Hall–Kier alpha value is -2.29. The van der Waals surface area contributed by atoms with Crippen LogP contribution >= 0.6 is 0 Å². The van der Waals surface area contributed by atoms with E-state index >= 15 is 0 Å². The summed E-state index contributed by atoms with van der Waals surface area (Å²) in [5, 5.41) is 33.3. The molecule has 2 aliphatic carbocycles. The summed E-state index contributed by atoms with van der Waals surface area (Å²) in [6.07, 6.45) is 6.28. The molecule has 1 unspecified atom stereocenters. The monoisotopic (exact) mass is 451 g/mol. The summed E-state index contributed by atoms with van der Waals surface area (Å²) in [5.41, 5.74) is -0.324. The predicted molar refractivity (Wildman–Crippen MR) is 117 cm³/mol. The van der Waals surface area contributed by atoms with Crippen LogP contribution in [0, 0.1) is 11.3 Å². The molecule has 0 radical (unpaired) electrons. The average Bonchev–Trinajstić information content (AvgIpc) is 2.72. The maximum absolute atomic E-state index is 13.3. The zero-order chi connectivity index (χ0) is 23.6. The van der Waals surface area contributed by atoms with Crippen LogP contribution in [-0.4, -0.2) is 67.9 Å². The fraction of sp³-hybridized carbons (Fsp3) is 0.783. The molecule has 1 aliphatic heterocycles. The van der Waals surface area contributed by atoms with Crippen LogP contribution in [0.5, 0.6) is 0 Å². The van der Waals surface area contributed by atoms with Gasteiger partial charge in [-0.05, 0) is 49.9 Å². The van der Waals surface area contributed by atoms with Crippen LogP contribution in [0.1, 0.15) is 78.6 Å². The Morgan fingerprint density at radius 2 is 1.53 bits per heavy atom. The molecule has 0 bridgehead atoms. The summed E-state index contributed by atoms with van der Waals surface area (Å²) >= 11 is 0. The first-order chi connectivity index (χ1) is 15.0. The molecule has 180 valence electrons. The first kappa shape index (κ1) is 24.4. The molecule has 0 aromatic heterocycles. The fourth-order valence-electron chi connectivity index (χ4n) is 5.44. The standard InChI is InChI=1S/C23H37N3O6/c1-23(2,3)14-9-11-16(12-10-14)26-21(31)18(19(29)24-13-17(27)28)20(30)25(22(26)32)15-7-5-4-6-8-15/h14-16,22,31-32H,4-13H2,1-3H3,(H,24,29)(H,27,28). The van der Waals surface area contributed by atoms with Crippen molar-refractivity contribution < 1.29 is 29.7 Å². The lowest BCUT2D eigenvalue weighted by atomic mass is 9.71. The van der Waals surface area contributed by atoms with E-state index in [1.54, 1.807) is 0 Å². The topological polar surface area (TPSA) is 130 Å². The van der Waals surface area contributed by atoms with Crippen LogP contribution in [-0.2, 0) is 14.4 Å². The molecular formula is C23H37N3O6. The molecule has 0 aromatic rings. The zero-order valence-corrected chi connectivity index (χ0v) is 19.3. The van der Waals surface area contributed by atoms with E-state index in [1.165, 1.54) is 9.80 Å². The first-order valence-corrected chi connectivity index (χ1v) is 11.7. The second-order valence-corrected chi connectivity index (χ2v) is 10.4. The summed E-state index contributed by atoms with van der Waals surface area (Å²) in [6, 6.07) is -0.444. The minimum atomic E-state index is -1.35. The van der Waals surface area contributed by atoms with E-state index < -0.39 is 42.1 Å². The highest BCUT2D eigenvalue weighted by molar-refractivity contribution is 6.19. The molecule has 4 N–H and O–H groups in total. The van der Waals surface area contributed by atoms with Gasteiger partial charge in [0.25, 0.3) is 11.8 Å². The van der Waals surface area contributed by atoms with Gasteiger partial charge in [0.1, 0.15) is 6.54 Å². The van der Waals surface area contributed by atoms with Crippen LogP contribution in [0.25, 0.3) is 0 Å². The highest BCUT2D eigenvalue weighted by atomic mass is 16.4. The molecule has 1 atom stereocenters. The van der Waals surface area contributed by atoms with Crippen molar-refractivity contribution in [2.75, 3.05) is 6.54 Å². The summed E-state index contributed by atoms with van der Waals surface area (Å²) in [7, 11) is 0. The lowest BCUT2D eigenvalue weighted by Gasteiger charge is -2.50. The molecule has 0 saturated heterocycles. The van der Waals surface area contributed by atoms with Crippen molar-refractivity contribution in [2.24, 2.45) is 11.3 Å². The summed E-state index contributed by atoms with van der Waals surface area (Å²) < 4.78 is 0. The van der Waals surface area contributed by atoms with Crippen LogP contribution in [0.3, 0.4) is 0 Å². The Bertz CT molecular complexity index is 760. The van der Waals surface area contributed by atoms with Gasteiger partial charge in [0, 0.05) is 12.1 Å². The van der Waals surface area contributed by atoms with Gasteiger partial charge in [-0.3, -0.25) is 24.2 Å². The minimum absolute atomic E-state index is 0.162. The van der Waals surface area contributed by atoms with Crippen LogP contribution in [0.4, 0.5) is 0 Å². The number of aliphatic carboxylic acids is 1. The number of hydrogen-bond acceptors (Lipinski definition) is 6. The zero-order valence-electron chi connectivity index (χ0n) is 19.3. The molecule has 3 aliphatic rings. The SMILES string of the molecule is CC(C)(C)C1CCC(N2C(O)=C(C(=O)NCC(=O)O)C(=O)N(C3CCCCC3)C2O)CC1. The number of amides is 2. The van der Waals surface area contributed by atoms with E-state index in [0.29, 0.717) is 5.92 Å². The maximum Gasteiger partial charge on any atom is 0.322 e. The van der Waals surface area contributed by atoms with Gasteiger partial charge in [0.2, 0.25) is 12.2 Å². The molecule has 9 nitrogen and oxygen atoms in total. The highest BCUT2D eigenvalue weighted by Gasteiger charge is 2.47. The number of carbonyl (C=O) groups is 3.